The maximum Gasteiger partial charge on any atom is 0.307 e. The van der Waals surface area contributed by atoms with Crippen molar-refractivity contribution in [3.8, 4) is 0 Å². The summed E-state index contributed by atoms with van der Waals surface area (Å²) in [7, 11) is 1.35. The predicted octanol–water partition coefficient (Wildman–Crippen LogP) is 2.61. The van der Waals surface area contributed by atoms with Gasteiger partial charge in [0.25, 0.3) is 0 Å². The molecule has 0 bridgehead atoms. The topological polar surface area (TPSA) is 88.0 Å². The molecular formula is C20H33NO5. The first-order valence-corrected chi connectivity index (χ1v) is 9.74. The van der Waals surface area contributed by atoms with E-state index in [1.165, 1.54) is 7.11 Å². The number of fused-ring (bicyclic) bond motifs is 1. The van der Waals surface area contributed by atoms with Gasteiger partial charge in [0.1, 0.15) is 0 Å². The molecule has 148 valence electrons. The number of aliphatic hydroxyl groups is 2. The summed E-state index contributed by atoms with van der Waals surface area (Å²) in [6, 6.07) is 0. The summed E-state index contributed by atoms with van der Waals surface area (Å²) < 4.78 is 4.56. The zero-order chi connectivity index (χ0) is 19.0. The molecule has 2 aliphatic carbocycles. The van der Waals surface area contributed by atoms with Crippen LogP contribution in [0, 0.1) is 11.8 Å². The summed E-state index contributed by atoms with van der Waals surface area (Å²) >= 11 is 0. The predicted molar refractivity (Wildman–Crippen MR) is 98.9 cm³/mol. The second kappa shape index (κ2) is 10.1. The molecule has 3 N–H and O–H groups in total. The lowest BCUT2D eigenvalue weighted by Gasteiger charge is -2.26. The van der Waals surface area contributed by atoms with Gasteiger partial charge in [0.15, 0.2) is 0 Å². The Kier molecular flexibility index (Phi) is 8.13. The Morgan fingerprint density at radius 1 is 1.46 bits per heavy atom. The Morgan fingerprint density at radius 3 is 3.00 bits per heavy atom. The number of esters is 1. The number of allylic oxidation sites excluding steroid dienone is 1. The van der Waals surface area contributed by atoms with Gasteiger partial charge in [-0.25, -0.2) is 0 Å². The van der Waals surface area contributed by atoms with Gasteiger partial charge in [-0.3, -0.25) is 15.1 Å². The number of hydrogen-bond donors (Lipinski definition) is 3. The number of methoxy groups -OCH3 is 1. The summed E-state index contributed by atoms with van der Waals surface area (Å²) in [5, 5.41) is 21.2. The molecule has 0 aromatic heterocycles. The van der Waals surface area contributed by atoms with Crippen LogP contribution >= 0.6 is 0 Å². The van der Waals surface area contributed by atoms with Gasteiger partial charge in [0.05, 0.1) is 31.8 Å². The number of hydrogen-bond acceptors (Lipinski definition) is 6. The highest BCUT2D eigenvalue weighted by Gasteiger charge is 2.50. The van der Waals surface area contributed by atoms with E-state index in [-0.39, 0.29) is 30.8 Å². The molecule has 0 aliphatic heterocycles. The lowest BCUT2D eigenvalue weighted by Crippen LogP contribution is -2.33. The van der Waals surface area contributed by atoms with E-state index in [2.05, 4.69) is 17.1 Å². The highest BCUT2D eigenvalue weighted by molar-refractivity contribution is 5.69. The molecule has 6 heteroatoms. The summed E-state index contributed by atoms with van der Waals surface area (Å²) in [6.07, 6.45) is 12.1. The molecule has 26 heavy (non-hydrogen) atoms. The average Bonchev–Trinajstić information content (AvgIpc) is 3.09. The number of carbonyl (C=O) groups is 1. The molecule has 0 heterocycles. The molecule has 1 saturated carbocycles. The van der Waals surface area contributed by atoms with Crippen molar-refractivity contribution in [2.45, 2.75) is 70.0 Å². The fraction of sp³-hybridized carbons (Fsp3) is 0.750. The van der Waals surface area contributed by atoms with Crippen LogP contribution in [0.15, 0.2) is 23.9 Å². The Bertz CT molecular complexity index is 518. The Morgan fingerprint density at radius 2 is 2.27 bits per heavy atom. The van der Waals surface area contributed by atoms with Gasteiger partial charge in [-0.15, -0.1) is 0 Å². The number of hydroxylamine groups is 1. The zero-order valence-corrected chi connectivity index (χ0v) is 15.9. The maximum absolute atomic E-state index is 11.1. The van der Waals surface area contributed by atoms with Crippen molar-refractivity contribution in [2.24, 2.45) is 11.8 Å². The van der Waals surface area contributed by atoms with E-state index >= 15 is 0 Å². The number of nitrogens with one attached hydrogen (secondary N) is 1. The van der Waals surface area contributed by atoms with E-state index in [1.807, 2.05) is 18.2 Å². The van der Waals surface area contributed by atoms with Crippen LogP contribution in [0.3, 0.4) is 0 Å². The van der Waals surface area contributed by atoms with E-state index < -0.39 is 11.7 Å². The van der Waals surface area contributed by atoms with E-state index in [4.69, 9.17) is 4.84 Å². The van der Waals surface area contributed by atoms with Crippen LogP contribution in [0.4, 0.5) is 0 Å². The minimum absolute atomic E-state index is 0.0164. The zero-order valence-electron chi connectivity index (χ0n) is 15.9. The smallest absolute Gasteiger partial charge is 0.307 e. The van der Waals surface area contributed by atoms with Crippen molar-refractivity contribution in [1.82, 2.24) is 5.48 Å². The lowest BCUT2D eigenvalue weighted by molar-refractivity contribution is -0.142. The molecule has 0 aromatic rings. The summed E-state index contributed by atoms with van der Waals surface area (Å²) in [6.45, 7) is 2.37. The Hall–Kier alpha value is -1.37. The van der Waals surface area contributed by atoms with Crippen molar-refractivity contribution < 1.29 is 24.6 Å². The largest absolute Gasteiger partial charge is 0.469 e. The second-order valence-corrected chi connectivity index (χ2v) is 7.37. The van der Waals surface area contributed by atoms with Crippen molar-refractivity contribution in [3.63, 3.8) is 0 Å². The van der Waals surface area contributed by atoms with E-state index in [0.29, 0.717) is 0 Å². The van der Waals surface area contributed by atoms with Crippen molar-refractivity contribution in [1.29, 1.82) is 0 Å². The lowest BCUT2D eigenvalue weighted by atomic mass is 9.86. The molecule has 4 atom stereocenters. The molecule has 0 spiro atoms. The maximum atomic E-state index is 11.1. The van der Waals surface area contributed by atoms with Crippen LogP contribution in [0.2, 0.25) is 0 Å². The van der Waals surface area contributed by atoms with Crippen LogP contribution in [-0.4, -0.2) is 41.6 Å². The first kappa shape index (κ1) is 20.9. The van der Waals surface area contributed by atoms with Crippen LogP contribution in [-0.2, 0) is 14.4 Å². The van der Waals surface area contributed by atoms with Gasteiger partial charge in [0.2, 0.25) is 0 Å². The molecular weight excluding hydrogens is 334 g/mol. The first-order chi connectivity index (χ1) is 12.5. The van der Waals surface area contributed by atoms with Crippen LogP contribution < -0.4 is 5.48 Å². The van der Waals surface area contributed by atoms with E-state index in [0.717, 1.165) is 50.6 Å². The molecule has 2 aliphatic rings. The molecule has 0 saturated heterocycles. The SMILES string of the molecule is CCCCCC(O)C=C[C@@H]1CC[C@@H]2CC(NOCCC(=O)OC)=C[C@]21O. The van der Waals surface area contributed by atoms with Gasteiger partial charge in [0, 0.05) is 11.6 Å². The fourth-order valence-corrected chi connectivity index (χ4v) is 3.90. The van der Waals surface area contributed by atoms with Crippen molar-refractivity contribution >= 4 is 5.97 Å². The van der Waals surface area contributed by atoms with Gasteiger partial charge in [-0.2, -0.15) is 0 Å². The van der Waals surface area contributed by atoms with Crippen LogP contribution in [0.5, 0.6) is 0 Å². The molecule has 0 aromatic carbocycles. The third kappa shape index (κ3) is 5.56. The van der Waals surface area contributed by atoms with Gasteiger partial charge < -0.3 is 14.9 Å². The number of unbranched alkanes of at least 4 members (excludes halogenated alkanes) is 2. The average molecular weight is 367 g/mol. The normalized spacial score (nSPS) is 28.8. The molecule has 2 rings (SSSR count). The molecule has 1 fully saturated rings. The standard InChI is InChI=1S/C20H33NO5/c1-3-4-5-6-18(22)10-9-15-7-8-16-13-17(14-20(15,16)24)21-26-12-11-19(23)25-2/h9-10,14-16,18,21-22,24H,3-8,11-13H2,1-2H3/t15-,16+,18?,20+/m0/s1. The monoisotopic (exact) mass is 367 g/mol. The Labute approximate surface area is 156 Å². The van der Waals surface area contributed by atoms with Gasteiger partial charge >= 0.3 is 5.97 Å². The van der Waals surface area contributed by atoms with Crippen LogP contribution in [0.25, 0.3) is 0 Å². The number of aliphatic hydroxyl groups excluding tert-OH is 1. The Balaban J connectivity index is 1.82. The molecule has 1 unspecified atom stereocenters. The highest BCUT2D eigenvalue weighted by Crippen LogP contribution is 2.49. The molecule has 0 amide bonds. The van der Waals surface area contributed by atoms with E-state index in [1.54, 1.807) is 0 Å². The van der Waals surface area contributed by atoms with Crippen LogP contribution in [0.1, 0.15) is 58.3 Å². The molecule has 0 radical (unpaired) electrons. The van der Waals surface area contributed by atoms with Gasteiger partial charge in [-0.05, 0) is 37.7 Å². The van der Waals surface area contributed by atoms with Crippen molar-refractivity contribution in [3.05, 3.63) is 23.9 Å². The first-order valence-electron chi connectivity index (χ1n) is 9.74. The third-order valence-corrected chi connectivity index (χ3v) is 5.45. The van der Waals surface area contributed by atoms with Crippen molar-refractivity contribution in [2.75, 3.05) is 13.7 Å². The van der Waals surface area contributed by atoms with E-state index in [9.17, 15) is 15.0 Å². The number of ether oxygens (including phenoxy) is 1. The fourth-order valence-electron chi connectivity index (χ4n) is 3.90. The number of rotatable bonds is 11. The number of carbonyl (C=O) groups excluding carboxylic acids is 1. The summed E-state index contributed by atoms with van der Waals surface area (Å²) in [4.78, 5) is 16.4. The summed E-state index contributed by atoms with van der Waals surface area (Å²) in [5.41, 5.74) is 2.82. The molecule has 6 nitrogen and oxygen atoms in total. The minimum atomic E-state index is -0.881. The second-order valence-electron chi connectivity index (χ2n) is 7.37. The third-order valence-electron chi connectivity index (χ3n) is 5.45. The summed E-state index contributed by atoms with van der Waals surface area (Å²) in [5.74, 6) is -0.130. The highest BCUT2D eigenvalue weighted by atomic mass is 16.6. The minimum Gasteiger partial charge on any atom is -0.469 e. The van der Waals surface area contributed by atoms with Gasteiger partial charge in [-0.1, -0.05) is 38.3 Å². The quantitative estimate of drug-likeness (QED) is 0.225.